The molecule has 5 heteroatoms. The summed E-state index contributed by atoms with van der Waals surface area (Å²) < 4.78 is 17.8. The Morgan fingerprint density at radius 3 is 3.05 bits per heavy atom. The summed E-state index contributed by atoms with van der Waals surface area (Å²) in [5.41, 5.74) is 0.128. The molecule has 0 amide bonds. The van der Waals surface area contributed by atoms with Gasteiger partial charge in [-0.2, -0.15) is 0 Å². The molecule has 22 heavy (non-hydrogen) atoms. The topological polar surface area (TPSA) is 64.0 Å². The maximum absolute atomic E-state index is 12.5. The van der Waals surface area contributed by atoms with E-state index in [4.69, 9.17) is 13.9 Å². The predicted octanol–water partition coefficient (Wildman–Crippen LogP) is 2.25. The van der Waals surface area contributed by atoms with E-state index in [0.29, 0.717) is 11.3 Å². The standard InChI is InChI=1S/C17H21NO4/c19-16-14-12(8-11(21-16)10-4-3-7-18-9-10)20-13-5-1-2-6-17(13)15(14)22-17/h8,10,13,15,18H,1-7,9H2/t10?,13-,15+,17-/m0/s1. The third kappa shape index (κ3) is 1.75. The van der Waals surface area contributed by atoms with Crippen molar-refractivity contribution in [1.82, 2.24) is 5.32 Å². The maximum Gasteiger partial charge on any atom is 0.345 e. The van der Waals surface area contributed by atoms with Crippen molar-refractivity contribution in [1.29, 1.82) is 0 Å². The first-order valence-electron chi connectivity index (χ1n) is 8.51. The van der Waals surface area contributed by atoms with Gasteiger partial charge in [0.2, 0.25) is 0 Å². The van der Waals surface area contributed by atoms with Crippen molar-refractivity contribution < 1.29 is 13.9 Å². The second-order valence-corrected chi connectivity index (χ2v) is 7.06. The quantitative estimate of drug-likeness (QED) is 0.806. The van der Waals surface area contributed by atoms with Crippen LogP contribution in [0.5, 0.6) is 5.75 Å². The van der Waals surface area contributed by atoms with Crippen LogP contribution in [0.1, 0.15) is 61.9 Å². The SMILES string of the molecule is O=c1oc(C2CCCNC2)cc2c1[C@H]1O[C@]13CCCC[C@@H]3O2. The number of rotatable bonds is 1. The molecular formula is C17H21NO4. The van der Waals surface area contributed by atoms with Crippen molar-refractivity contribution in [3.63, 3.8) is 0 Å². The van der Waals surface area contributed by atoms with Gasteiger partial charge in [-0.1, -0.05) is 6.42 Å². The molecule has 3 fully saturated rings. The van der Waals surface area contributed by atoms with Gasteiger partial charge in [-0.3, -0.25) is 0 Å². The molecule has 1 N–H and O–H groups in total. The summed E-state index contributed by atoms with van der Waals surface area (Å²) in [6.45, 7) is 1.91. The summed E-state index contributed by atoms with van der Waals surface area (Å²) in [7, 11) is 0. The number of nitrogens with one attached hydrogen (secondary N) is 1. The van der Waals surface area contributed by atoms with E-state index in [2.05, 4.69) is 5.32 Å². The average Bonchev–Trinajstić information content (AvgIpc) is 3.27. The van der Waals surface area contributed by atoms with Gasteiger partial charge in [0.25, 0.3) is 0 Å². The summed E-state index contributed by atoms with van der Waals surface area (Å²) in [6, 6.07) is 1.95. The molecule has 0 radical (unpaired) electrons. The summed E-state index contributed by atoms with van der Waals surface area (Å²) in [5, 5.41) is 3.37. The molecule has 1 unspecified atom stereocenters. The molecule has 4 atom stereocenters. The fraction of sp³-hybridized carbons (Fsp3) is 0.706. The van der Waals surface area contributed by atoms with Crippen LogP contribution in [0.25, 0.3) is 0 Å². The molecule has 5 rings (SSSR count). The van der Waals surface area contributed by atoms with Crippen LogP contribution in [0.4, 0.5) is 0 Å². The van der Waals surface area contributed by atoms with E-state index in [0.717, 1.165) is 51.0 Å². The largest absolute Gasteiger partial charge is 0.486 e. The van der Waals surface area contributed by atoms with E-state index in [9.17, 15) is 4.79 Å². The Balaban J connectivity index is 1.54. The molecule has 1 aromatic rings. The number of hydrogen-bond acceptors (Lipinski definition) is 5. The highest BCUT2D eigenvalue weighted by Crippen LogP contribution is 2.62. The van der Waals surface area contributed by atoms with Gasteiger partial charge in [0.15, 0.2) is 0 Å². The van der Waals surface area contributed by atoms with Crippen LogP contribution in [-0.4, -0.2) is 24.8 Å². The van der Waals surface area contributed by atoms with E-state index in [1.165, 1.54) is 6.42 Å². The highest BCUT2D eigenvalue weighted by molar-refractivity contribution is 5.43. The second kappa shape index (κ2) is 4.59. The lowest BCUT2D eigenvalue weighted by atomic mass is 9.80. The van der Waals surface area contributed by atoms with Crippen molar-refractivity contribution in [3.05, 3.63) is 27.8 Å². The lowest BCUT2D eigenvalue weighted by Crippen LogP contribution is -2.42. The molecule has 5 nitrogen and oxygen atoms in total. The summed E-state index contributed by atoms with van der Waals surface area (Å²) in [6.07, 6.45) is 6.54. The maximum atomic E-state index is 12.5. The first kappa shape index (κ1) is 13.1. The Kier molecular flexibility index (Phi) is 2.74. The summed E-state index contributed by atoms with van der Waals surface area (Å²) in [5.74, 6) is 1.75. The molecule has 1 aromatic heterocycles. The van der Waals surface area contributed by atoms with Gasteiger partial charge < -0.3 is 19.2 Å². The number of epoxide rings is 1. The lowest BCUT2D eigenvalue weighted by molar-refractivity contribution is 0.0575. The Labute approximate surface area is 129 Å². The van der Waals surface area contributed by atoms with Gasteiger partial charge in [-0.05, 0) is 38.6 Å². The van der Waals surface area contributed by atoms with Gasteiger partial charge >= 0.3 is 5.63 Å². The smallest absolute Gasteiger partial charge is 0.345 e. The molecule has 2 saturated heterocycles. The monoisotopic (exact) mass is 303 g/mol. The third-order valence-corrected chi connectivity index (χ3v) is 5.75. The zero-order valence-electron chi connectivity index (χ0n) is 12.6. The van der Waals surface area contributed by atoms with Crippen molar-refractivity contribution in [3.8, 4) is 5.75 Å². The van der Waals surface area contributed by atoms with E-state index in [-0.39, 0.29) is 29.4 Å². The molecule has 3 aliphatic heterocycles. The third-order valence-electron chi connectivity index (χ3n) is 5.75. The van der Waals surface area contributed by atoms with E-state index in [1.54, 1.807) is 0 Å². The molecule has 0 bridgehead atoms. The molecule has 1 aliphatic carbocycles. The van der Waals surface area contributed by atoms with Gasteiger partial charge in [-0.25, -0.2) is 4.79 Å². The fourth-order valence-electron chi connectivity index (χ4n) is 4.50. The van der Waals surface area contributed by atoms with E-state index in [1.807, 2.05) is 6.07 Å². The van der Waals surface area contributed by atoms with Crippen LogP contribution in [0.2, 0.25) is 0 Å². The summed E-state index contributed by atoms with van der Waals surface area (Å²) >= 11 is 0. The number of ether oxygens (including phenoxy) is 2. The molecule has 1 spiro atoms. The van der Waals surface area contributed by atoms with E-state index >= 15 is 0 Å². The predicted molar refractivity (Wildman–Crippen MR) is 79.3 cm³/mol. The van der Waals surface area contributed by atoms with Crippen LogP contribution in [0.15, 0.2) is 15.3 Å². The minimum absolute atomic E-state index is 0.101. The van der Waals surface area contributed by atoms with Gasteiger partial charge in [0.1, 0.15) is 34.9 Å². The zero-order valence-corrected chi connectivity index (χ0v) is 12.6. The van der Waals surface area contributed by atoms with Crippen molar-refractivity contribution >= 4 is 0 Å². The molecule has 1 saturated carbocycles. The van der Waals surface area contributed by atoms with Crippen molar-refractivity contribution in [2.75, 3.05) is 13.1 Å². The molecule has 118 valence electrons. The van der Waals surface area contributed by atoms with Gasteiger partial charge in [0.05, 0.1) is 0 Å². The number of fused-ring (bicyclic) bond motifs is 2. The van der Waals surface area contributed by atoms with Crippen LogP contribution < -0.4 is 15.7 Å². The van der Waals surface area contributed by atoms with E-state index < -0.39 is 0 Å². The Bertz CT molecular complexity index is 663. The first-order chi connectivity index (χ1) is 10.8. The Hall–Kier alpha value is -1.33. The number of piperidine rings is 1. The average molecular weight is 303 g/mol. The van der Waals surface area contributed by atoms with Crippen LogP contribution >= 0.6 is 0 Å². The van der Waals surface area contributed by atoms with Crippen molar-refractivity contribution in [2.24, 2.45) is 0 Å². The van der Waals surface area contributed by atoms with Gasteiger partial charge in [0, 0.05) is 18.5 Å². The zero-order chi connectivity index (χ0) is 14.7. The lowest BCUT2D eigenvalue weighted by Gasteiger charge is -2.33. The number of hydrogen-bond donors (Lipinski definition) is 1. The molecule has 4 aliphatic rings. The highest BCUT2D eigenvalue weighted by Gasteiger charge is 2.68. The van der Waals surface area contributed by atoms with Crippen LogP contribution in [0, 0.1) is 0 Å². The molecule has 4 heterocycles. The molecular weight excluding hydrogens is 282 g/mol. The highest BCUT2D eigenvalue weighted by atomic mass is 16.7. The Morgan fingerprint density at radius 1 is 1.23 bits per heavy atom. The van der Waals surface area contributed by atoms with Crippen molar-refractivity contribution in [2.45, 2.75) is 62.3 Å². The normalized spacial score (nSPS) is 39.2. The fourth-order valence-corrected chi connectivity index (χ4v) is 4.50. The minimum Gasteiger partial charge on any atom is -0.486 e. The molecule has 0 aromatic carbocycles. The Morgan fingerprint density at radius 2 is 2.18 bits per heavy atom. The summed E-state index contributed by atoms with van der Waals surface area (Å²) in [4.78, 5) is 12.5. The van der Waals surface area contributed by atoms with Gasteiger partial charge in [-0.15, -0.1) is 0 Å². The first-order valence-corrected chi connectivity index (χ1v) is 8.51. The van der Waals surface area contributed by atoms with Crippen LogP contribution in [-0.2, 0) is 4.74 Å². The second-order valence-electron chi connectivity index (χ2n) is 7.06. The minimum atomic E-state index is -0.260. The van der Waals surface area contributed by atoms with Crippen LogP contribution in [0.3, 0.4) is 0 Å².